The molecule has 2 aromatic carbocycles. The zero-order valence-corrected chi connectivity index (χ0v) is 17.8. The van der Waals surface area contributed by atoms with E-state index in [1.807, 2.05) is 0 Å². The molecule has 0 saturated carbocycles. The van der Waals surface area contributed by atoms with Gasteiger partial charge in [-0.25, -0.2) is 24.3 Å². The highest BCUT2D eigenvalue weighted by molar-refractivity contribution is 6.35. The molecule has 11 heteroatoms. The monoisotopic (exact) mass is 463 g/mol. The number of aromatic nitrogens is 6. The number of aromatic amines is 1. The Morgan fingerprint density at radius 2 is 1.91 bits per heavy atom. The van der Waals surface area contributed by atoms with Gasteiger partial charge in [0.05, 0.1) is 34.0 Å². The molecule has 1 atom stereocenters. The molecular weight excluding hydrogens is 449 g/mol. The summed E-state index contributed by atoms with van der Waals surface area (Å²) >= 11 is 6.29. The molecular formula is C22H15ClFN7O2. The van der Waals surface area contributed by atoms with Crippen LogP contribution in [0, 0.1) is 5.82 Å². The van der Waals surface area contributed by atoms with Crippen molar-refractivity contribution in [3.8, 4) is 5.69 Å². The Labute approximate surface area is 190 Å². The standard InChI is InChI=1S/C22H15ClFN7O2/c1-11(29-19-17-18(25-9-27-19)26-10-28-21(17)32)20-30-15-7-3-6-14(23)16(15)22(33)31(20)13-5-2-4-12(24)8-13/h2-11H,1H3,(H2,25,26,27,28,29,32). The number of benzene rings is 2. The highest BCUT2D eigenvalue weighted by Gasteiger charge is 2.21. The molecule has 0 saturated heterocycles. The van der Waals surface area contributed by atoms with Gasteiger partial charge in [-0.3, -0.25) is 14.2 Å². The maximum Gasteiger partial charge on any atom is 0.267 e. The SMILES string of the molecule is CC(Nc1ncnc2nc[nH]c(=O)c12)c1nc2cccc(Cl)c2c(=O)n1-c1cccc(F)c1. The second-order valence-corrected chi connectivity index (χ2v) is 7.65. The van der Waals surface area contributed by atoms with E-state index in [1.165, 1.54) is 35.4 Å². The Kier molecular flexibility index (Phi) is 5.06. The molecule has 2 N–H and O–H groups in total. The fourth-order valence-electron chi connectivity index (χ4n) is 3.65. The number of halogens is 2. The Morgan fingerprint density at radius 1 is 1.09 bits per heavy atom. The fraction of sp³-hybridized carbons (Fsp3) is 0.0909. The minimum atomic E-state index is -0.637. The summed E-state index contributed by atoms with van der Waals surface area (Å²) in [6, 6.07) is 9.93. The first-order valence-electron chi connectivity index (χ1n) is 9.86. The van der Waals surface area contributed by atoms with E-state index in [9.17, 15) is 14.0 Å². The predicted molar refractivity (Wildman–Crippen MR) is 122 cm³/mol. The number of fused-ring (bicyclic) bond motifs is 2. The molecule has 33 heavy (non-hydrogen) atoms. The molecule has 0 radical (unpaired) electrons. The van der Waals surface area contributed by atoms with E-state index >= 15 is 0 Å². The number of nitrogens with zero attached hydrogens (tertiary/aromatic N) is 5. The van der Waals surface area contributed by atoms with Crippen LogP contribution in [0.5, 0.6) is 0 Å². The van der Waals surface area contributed by atoms with E-state index in [1.54, 1.807) is 31.2 Å². The average Bonchev–Trinajstić information content (AvgIpc) is 2.79. The molecule has 0 aliphatic carbocycles. The third-order valence-corrected chi connectivity index (χ3v) is 5.43. The van der Waals surface area contributed by atoms with Gasteiger partial charge >= 0.3 is 0 Å². The van der Waals surface area contributed by atoms with Crippen LogP contribution in [-0.4, -0.2) is 29.5 Å². The van der Waals surface area contributed by atoms with Crippen molar-refractivity contribution < 1.29 is 4.39 Å². The molecule has 0 spiro atoms. The number of nitrogens with one attached hydrogen (secondary N) is 2. The van der Waals surface area contributed by atoms with Crippen LogP contribution in [0.2, 0.25) is 5.02 Å². The van der Waals surface area contributed by atoms with Crippen molar-refractivity contribution in [1.29, 1.82) is 0 Å². The van der Waals surface area contributed by atoms with E-state index in [4.69, 9.17) is 11.6 Å². The minimum Gasteiger partial charge on any atom is -0.360 e. The summed E-state index contributed by atoms with van der Waals surface area (Å²) in [5, 5.41) is 3.73. The summed E-state index contributed by atoms with van der Waals surface area (Å²) in [6.07, 6.45) is 2.53. The first kappa shape index (κ1) is 20.7. The lowest BCUT2D eigenvalue weighted by atomic mass is 10.2. The molecule has 9 nitrogen and oxygen atoms in total. The van der Waals surface area contributed by atoms with Gasteiger partial charge in [0.2, 0.25) is 0 Å². The van der Waals surface area contributed by atoms with Gasteiger partial charge in [-0.05, 0) is 37.3 Å². The summed E-state index contributed by atoms with van der Waals surface area (Å²) in [7, 11) is 0. The van der Waals surface area contributed by atoms with E-state index in [0.717, 1.165) is 0 Å². The molecule has 0 amide bonds. The first-order chi connectivity index (χ1) is 15.9. The summed E-state index contributed by atoms with van der Waals surface area (Å²) < 4.78 is 15.3. The molecule has 164 valence electrons. The van der Waals surface area contributed by atoms with Crippen LogP contribution in [0.1, 0.15) is 18.8 Å². The topological polar surface area (TPSA) is 118 Å². The van der Waals surface area contributed by atoms with E-state index in [2.05, 4.69) is 30.2 Å². The van der Waals surface area contributed by atoms with Crippen molar-refractivity contribution in [3.05, 3.63) is 92.5 Å². The number of rotatable bonds is 4. The second-order valence-electron chi connectivity index (χ2n) is 7.24. The smallest absolute Gasteiger partial charge is 0.267 e. The lowest BCUT2D eigenvalue weighted by Gasteiger charge is -2.20. The van der Waals surface area contributed by atoms with Crippen LogP contribution in [0.3, 0.4) is 0 Å². The molecule has 3 aromatic heterocycles. The maximum absolute atomic E-state index is 14.0. The van der Waals surface area contributed by atoms with Gasteiger partial charge in [0.1, 0.15) is 29.2 Å². The molecule has 5 rings (SSSR count). The molecule has 3 heterocycles. The largest absolute Gasteiger partial charge is 0.360 e. The van der Waals surface area contributed by atoms with Crippen LogP contribution in [-0.2, 0) is 0 Å². The Bertz CT molecular complexity index is 1650. The van der Waals surface area contributed by atoms with Gasteiger partial charge < -0.3 is 10.3 Å². The Balaban J connectivity index is 1.73. The van der Waals surface area contributed by atoms with Crippen molar-refractivity contribution in [3.63, 3.8) is 0 Å². The molecule has 0 aliphatic rings. The van der Waals surface area contributed by atoms with E-state index in [0.29, 0.717) is 5.52 Å². The number of hydrogen-bond donors (Lipinski definition) is 2. The molecule has 1 unspecified atom stereocenters. The van der Waals surface area contributed by atoms with Gasteiger partial charge in [0, 0.05) is 0 Å². The second kappa shape index (κ2) is 8.06. The Hall–Kier alpha value is -4.18. The number of H-pyrrole nitrogens is 1. The molecule has 0 bridgehead atoms. The minimum absolute atomic E-state index is 0.162. The lowest BCUT2D eigenvalue weighted by Crippen LogP contribution is -2.28. The van der Waals surface area contributed by atoms with Crippen molar-refractivity contribution >= 4 is 39.4 Å². The van der Waals surface area contributed by atoms with Crippen molar-refractivity contribution in [1.82, 2.24) is 29.5 Å². The first-order valence-corrected chi connectivity index (χ1v) is 10.2. The van der Waals surface area contributed by atoms with Gasteiger partial charge in [-0.1, -0.05) is 23.7 Å². The zero-order valence-electron chi connectivity index (χ0n) is 17.1. The van der Waals surface area contributed by atoms with Gasteiger partial charge in [0.25, 0.3) is 11.1 Å². The van der Waals surface area contributed by atoms with Crippen LogP contribution in [0.15, 0.2) is 64.7 Å². The van der Waals surface area contributed by atoms with Gasteiger partial charge in [-0.2, -0.15) is 0 Å². The summed E-state index contributed by atoms with van der Waals surface area (Å²) in [6.45, 7) is 1.74. The van der Waals surface area contributed by atoms with Crippen molar-refractivity contribution in [2.75, 3.05) is 5.32 Å². The van der Waals surface area contributed by atoms with E-state index < -0.39 is 23.0 Å². The fourth-order valence-corrected chi connectivity index (χ4v) is 3.90. The summed E-state index contributed by atoms with van der Waals surface area (Å²) in [5.74, 6) is -0.0230. The van der Waals surface area contributed by atoms with Gasteiger partial charge in [-0.15, -0.1) is 0 Å². The zero-order chi connectivity index (χ0) is 23.1. The third-order valence-electron chi connectivity index (χ3n) is 5.12. The third kappa shape index (κ3) is 3.60. The maximum atomic E-state index is 14.0. The Morgan fingerprint density at radius 3 is 2.73 bits per heavy atom. The quantitative estimate of drug-likeness (QED) is 0.419. The van der Waals surface area contributed by atoms with Crippen LogP contribution >= 0.6 is 11.6 Å². The molecule has 5 aromatic rings. The number of anilines is 1. The van der Waals surface area contributed by atoms with Crippen LogP contribution < -0.4 is 16.4 Å². The highest BCUT2D eigenvalue weighted by Crippen LogP contribution is 2.25. The molecule has 0 fully saturated rings. The number of hydrogen-bond acceptors (Lipinski definition) is 7. The lowest BCUT2D eigenvalue weighted by molar-refractivity contribution is 0.624. The van der Waals surface area contributed by atoms with Crippen molar-refractivity contribution in [2.24, 2.45) is 0 Å². The highest BCUT2D eigenvalue weighted by atomic mass is 35.5. The summed E-state index contributed by atoms with van der Waals surface area (Å²) in [4.78, 5) is 45.2. The summed E-state index contributed by atoms with van der Waals surface area (Å²) in [5.41, 5.74) is 0.00750. The van der Waals surface area contributed by atoms with Crippen LogP contribution in [0.25, 0.3) is 27.6 Å². The van der Waals surface area contributed by atoms with Crippen molar-refractivity contribution in [2.45, 2.75) is 13.0 Å². The normalized spacial score (nSPS) is 12.2. The van der Waals surface area contributed by atoms with Gasteiger partial charge in [0.15, 0.2) is 5.65 Å². The predicted octanol–water partition coefficient (Wildman–Crippen LogP) is 3.38. The van der Waals surface area contributed by atoms with E-state index in [-0.39, 0.29) is 38.8 Å². The van der Waals surface area contributed by atoms with Crippen LogP contribution in [0.4, 0.5) is 10.2 Å². The molecule has 0 aliphatic heterocycles. The average molecular weight is 464 g/mol.